The lowest BCUT2D eigenvalue weighted by molar-refractivity contribution is -0.148. The average Bonchev–Trinajstić information content (AvgIpc) is 4.05. The van der Waals surface area contributed by atoms with Gasteiger partial charge in [0, 0.05) is 49.9 Å². The van der Waals surface area contributed by atoms with E-state index < -0.39 is 11.4 Å². The zero-order valence-electron chi connectivity index (χ0n) is 31.8. The lowest BCUT2D eigenvalue weighted by Crippen LogP contribution is -2.34. The highest BCUT2D eigenvalue weighted by atomic mass is 35.5. The van der Waals surface area contributed by atoms with Gasteiger partial charge in [0.1, 0.15) is 0 Å². The predicted octanol–water partition coefficient (Wildman–Crippen LogP) is 7.81. The number of carbonyl (C=O) groups excluding carboxylic acids is 2. The number of carbonyl (C=O) groups is 3. The summed E-state index contributed by atoms with van der Waals surface area (Å²) in [5.74, 6) is -1.01. The molecular weight excluding hydrogens is 751 g/mol. The third-order valence-electron chi connectivity index (χ3n) is 13.5. The molecule has 3 aliphatic heterocycles. The summed E-state index contributed by atoms with van der Waals surface area (Å²) in [7, 11) is 1.88. The topological polar surface area (TPSA) is 138 Å². The van der Waals surface area contributed by atoms with Crippen LogP contribution in [0.1, 0.15) is 108 Å². The normalized spacial score (nSPS) is 24.6. The molecule has 3 fully saturated rings. The monoisotopic (exact) mass is 798 g/mol. The summed E-state index contributed by atoms with van der Waals surface area (Å²) in [5, 5.41) is 21.1. The van der Waals surface area contributed by atoms with E-state index in [2.05, 4.69) is 25.5 Å². The Morgan fingerprint density at radius 3 is 2.23 bits per heavy atom. The number of hydrogen-bond donors (Lipinski definition) is 3. The minimum absolute atomic E-state index is 0.137. The van der Waals surface area contributed by atoms with Crippen LogP contribution in [0.4, 0.5) is 11.4 Å². The number of benzene rings is 2. The summed E-state index contributed by atoms with van der Waals surface area (Å²) in [6, 6.07) is 13.0. The maximum atomic E-state index is 13.8. The fourth-order valence-corrected chi connectivity index (χ4v) is 10.9. The van der Waals surface area contributed by atoms with Crippen LogP contribution in [-0.4, -0.2) is 78.2 Å². The summed E-state index contributed by atoms with van der Waals surface area (Å²) in [6.07, 6.45) is 10.7. The van der Waals surface area contributed by atoms with Gasteiger partial charge in [0.25, 0.3) is 11.8 Å². The number of halogens is 2. The fraction of sp³-hybridized carbons (Fsp3) is 0.500. The molecule has 2 amide bonds. The molecule has 0 spiro atoms. The van der Waals surface area contributed by atoms with Crippen molar-refractivity contribution in [1.82, 2.24) is 29.1 Å². The lowest BCUT2D eigenvalue weighted by atomic mass is 9.80. The Bertz CT molecular complexity index is 2220. The Labute approximate surface area is 336 Å². The van der Waals surface area contributed by atoms with Crippen molar-refractivity contribution >= 4 is 52.4 Å². The molecule has 2 aliphatic carbocycles. The summed E-state index contributed by atoms with van der Waals surface area (Å²) in [6.45, 7) is 5.38. The predicted molar refractivity (Wildman–Crippen MR) is 215 cm³/mol. The second-order valence-corrected chi connectivity index (χ2v) is 17.5. The molecule has 9 rings (SSSR count). The third kappa shape index (κ3) is 6.62. The number of anilines is 2. The van der Waals surface area contributed by atoms with Gasteiger partial charge in [-0.15, -0.1) is 0 Å². The first-order valence-corrected chi connectivity index (χ1v) is 20.8. The molecule has 5 aliphatic rings. The Morgan fingerprint density at radius 2 is 1.57 bits per heavy atom. The van der Waals surface area contributed by atoms with Gasteiger partial charge < -0.3 is 20.3 Å². The lowest BCUT2D eigenvalue weighted by Gasteiger charge is -2.32. The van der Waals surface area contributed by atoms with E-state index >= 15 is 0 Å². The van der Waals surface area contributed by atoms with Crippen molar-refractivity contribution < 1.29 is 19.5 Å². The fourth-order valence-electron chi connectivity index (χ4n) is 10.4. The number of rotatable bonds is 10. The van der Waals surface area contributed by atoms with E-state index in [1.165, 1.54) is 12.8 Å². The second-order valence-electron chi connectivity index (χ2n) is 16.7. The number of nitrogens with zero attached hydrogens (tertiary/aromatic N) is 6. The Hall–Kier alpha value is -4.23. The molecule has 2 saturated carbocycles. The van der Waals surface area contributed by atoms with Crippen molar-refractivity contribution in [2.24, 2.45) is 17.9 Å². The maximum Gasteiger partial charge on any atom is 0.309 e. The molecule has 1 atom stereocenters. The van der Waals surface area contributed by atoms with Gasteiger partial charge in [-0.1, -0.05) is 47.5 Å². The van der Waals surface area contributed by atoms with E-state index in [0.717, 1.165) is 108 Å². The molecule has 1 saturated heterocycles. The Balaban J connectivity index is 0.870. The number of carboxylic acid groups (broad SMARTS) is 1. The van der Waals surface area contributed by atoms with Crippen LogP contribution in [0.3, 0.4) is 0 Å². The average molecular weight is 800 g/mol. The van der Waals surface area contributed by atoms with Crippen molar-refractivity contribution in [3.63, 3.8) is 0 Å². The molecule has 5 heterocycles. The number of hydrogen-bond acceptors (Lipinski definition) is 7. The summed E-state index contributed by atoms with van der Waals surface area (Å²) >= 11 is 13.9. The van der Waals surface area contributed by atoms with Gasteiger partial charge in [0.05, 0.1) is 44.3 Å². The summed E-state index contributed by atoms with van der Waals surface area (Å²) in [5.41, 5.74) is 5.11. The van der Waals surface area contributed by atoms with Crippen LogP contribution in [0, 0.1) is 10.8 Å². The van der Waals surface area contributed by atoms with Crippen LogP contribution in [0.15, 0.2) is 42.5 Å². The zero-order valence-corrected chi connectivity index (χ0v) is 33.3. The highest BCUT2D eigenvalue weighted by Gasteiger charge is 2.57. The van der Waals surface area contributed by atoms with Crippen LogP contribution in [-0.2, 0) is 31.4 Å². The smallest absolute Gasteiger partial charge is 0.309 e. The minimum Gasteiger partial charge on any atom is -0.481 e. The summed E-state index contributed by atoms with van der Waals surface area (Å²) < 4.78 is 3.86. The van der Waals surface area contributed by atoms with Crippen LogP contribution >= 0.6 is 23.2 Å². The van der Waals surface area contributed by atoms with E-state index in [0.29, 0.717) is 56.7 Å². The molecule has 2 aromatic heterocycles. The van der Waals surface area contributed by atoms with E-state index in [4.69, 9.17) is 28.2 Å². The van der Waals surface area contributed by atoms with Gasteiger partial charge in [0.2, 0.25) is 0 Å². The van der Waals surface area contributed by atoms with E-state index in [9.17, 15) is 19.5 Å². The second kappa shape index (κ2) is 14.6. The largest absolute Gasteiger partial charge is 0.481 e. The van der Waals surface area contributed by atoms with Crippen LogP contribution in [0.5, 0.6) is 0 Å². The SMILES string of the molecule is Cn1c(C(=O)Nc2cccc(-c3cccc(NC(=O)c4cc5n(n4)CCC[C@H]5N4CCCC4)c3Cl)c2Cl)nc2c1CCN(CCC13CCC(C(=O)O)(CC1)C3)C2. The molecule has 0 radical (unpaired) electrons. The molecule has 294 valence electrons. The molecule has 3 N–H and O–H groups in total. The molecule has 2 aromatic carbocycles. The highest BCUT2D eigenvalue weighted by Crippen LogP contribution is 2.63. The number of nitrogens with one attached hydrogen (secondary N) is 2. The van der Waals surface area contributed by atoms with Gasteiger partial charge in [-0.25, -0.2) is 4.98 Å². The quantitative estimate of drug-likeness (QED) is 0.148. The molecule has 12 nitrogen and oxygen atoms in total. The third-order valence-corrected chi connectivity index (χ3v) is 14.3. The molecule has 14 heteroatoms. The molecular formula is C42H48Cl2N8O4. The molecule has 2 bridgehead atoms. The minimum atomic E-state index is -0.625. The van der Waals surface area contributed by atoms with E-state index in [1.807, 2.05) is 40.6 Å². The van der Waals surface area contributed by atoms with Crippen molar-refractivity contribution in [2.45, 2.75) is 89.8 Å². The first-order valence-electron chi connectivity index (χ1n) is 20.1. The number of imidazole rings is 1. The van der Waals surface area contributed by atoms with Gasteiger partial charge in [-0.2, -0.15) is 5.10 Å². The number of likely N-dealkylation sites (tertiary alicyclic amines) is 1. The number of carboxylic acids is 1. The van der Waals surface area contributed by atoms with Gasteiger partial charge in [-0.05, 0) is 107 Å². The molecule has 4 aromatic rings. The van der Waals surface area contributed by atoms with Crippen LogP contribution in [0.25, 0.3) is 11.1 Å². The van der Waals surface area contributed by atoms with Gasteiger partial charge in [0.15, 0.2) is 11.5 Å². The van der Waals surface area contributed by atoms with Crippen molar-refractivity contribution in [2.75, 3.05) is 36.8 Å². The van der Waals surface area contributed by atoms with Crippen molar-refractivity contribution in [1.29, 1.82) is 0 Å². The number of aliphatic carboxylic acids is 1. The Morgan fingerprint density at radius 1 is 0.893 bits per heavy atom. The first-order chi connectivity index (χ1) is 27.0. The highest BCUT2D eigenvalue weighted by molar-refractivity contribution is 6.40. The number of aromatic nitrogens is 4. The first kappa shape index (κ1) is 37.4. The van der Waals surface area contributed by atoms with Crippen LogP contribution < -0.4 is 10.6 Å². The van der Waals surface area contributed by atoms with E-state index in [-0.39, 0.29) is 17.2 Å². The standard InChI is InChI=1S/C42H48Cl2N8O4/c1-49-32-12-21-50(22-17-41-13-15-42(25-41,16-14-41)40(55)56)24-31(32)45-37(49)39(54)47-29-10-5-8-27(36(29)44)26-7-4-9-28(35(26)43)46-38(53)30-23-34-33(51-18-2-3-19-51)11-6-20-52(34)48-30/h4-5,7-10,23,33H,2-3,6,11-22,24-25H2,1H3,(H,46,53)(H,47,54)(H,55,56)/t33-,41?,42?/m1/s1. The zero-order chi connectivity index (χ0) is 38.8. The molecule has 0 unspecified atom stereocenters. The molecule has 56 heavy (non-hydrogen) atoms. The van der Waals surface area contributed by atoms with Crippen LogP contribution in [0.2, 0.25) is 10.0 Å². The Kier molecular flexibility index (Phi) is 9.75. The van der Waals surface area contributed by atoms with E-state index in [1.54, 1.807) is 18.2 Å². The van der Waals surface area contributed by atoms with Gasteiger partial charge >= 0.3 is 5.97 Å². The summed E-state index contributed by atoms with van der Waals surface area (Å²) in [4.78, 5) is 48.9. The van der Waals surface area contributed by atoms with Crippen molar-refractivity contribution in [3.05, 3.63) is 81.1 Å². The number of amides is 2. The van der Waals surface area contributed by atoms with Crippen molar-refractivity contribution in [3.8, 4) is 11.1 Å². The number of aryl methyl sites for hydroxylation is 1. The maximum absolute atomic E-state index is 13.8. The van der Waals surface area contributed by atoms with Gasteiger partial charge in [-0.3, -0.25) is 28.9 Å². The number of fused-ring (bicyclic) bond motifs is 4.